The molecule has 102 valence electrons. The number of carbonyl (C=O) groups excluding carboxylic acids is 2. The summed E-state index contributed by atoms with van der Waals surface area (Å²) < 4.78 is 4.46. The number of methoxy groups -OCH3 is 1. The number of hydrogen-bond acceptors (Lipinski definition) is 3. The van der Waals surface area contributed by atoms with E-state index in [4.69, 9.17) is 23.2 Å². The molecule has 0 heterocycles. The van der Waals surface area contributed by atoms with Crippen molar-refractivity contribution in [3.63, 3.8) is 0 Å². The molecule has 0 aromatic heterocycles. The van der Waals surface area contributed by atoms with Gasteiger partial charge in [-0.25, -0.2) is 0 Å². The minimum Gasteiger partial charge on any atom is -0.468 e. The average molecular weight is 302 g/mol. The number of nitrogens with one attached hydrogen (secondary N) is 1. The van der Waals surface area contributed by atoms with Gasteiger partial charge in [-0.2, -0.15) is 0 Å². The number of amides is 1. The summed E-state index contributed by atoms with van der Waals surface area (Å²) in [6.45, 7) is -0.0973. The van der Waals surface area contributed by atoms with E-state index >= 15 is 0 Å². The maximum atomic E-state index is 11.8. The van der Waals surface area contributed by atoms with Crippen LogP contribution in [0.25, 0.3) is 0 Å². The van der Waals surface area contributed by atoms with Crippen molar-refractivity contribution in [2.24, 2.45) is 5.92 Å². The second-order valence-electron chi connectivity index (χ2n) is 4.42. The molecule has 0 spiro atoms. The number of ether oxygens (including phenoxy) is 1. The molecular weight excluding hydrogens is 289 g/mol. The molecule has 2 atom stereocenters. The standard InChI is InChI=1S/C13H13Cl2NO3/c1-19-12(17)6-16-13(18)9-5-8(9)7-2-3-10(14)11(15)4-7/h2-4,8-9H,5-6H2,1H3,(H,16,18)/t8-,9+/m0/s1. The molecule has 2 rings (SSSR count). The van der Waals surface area contributed by atoms with Gasteiger partial charge in [-0.05, 0) is 30.0 Å². The molecule has 1 aliphatic carbocycles. The SMILES string of the molecule is COC(=O)CNC(=O)[C@@H]1C[C@H]1c1ccc(Cl)c(Cl)c1. The van der Waals surface area contributed by atoms with E-state index in [1.807, 2.05) is 6.07 Å². The van der Waals surface area contributed by atoms with Crippen molar-refractivity contribution in [2.75, 3.05) is 13.7 Å². The summed E-state index contributed by atoms with van der Waals surface area (Å²) in [6.07, 6.45) is 0.755. The molecule has 4 nitrogen and oxygen atoms in total. The predicted octanol–water partition coefficient (Wildman–Crippen LogP) is 2.39. The molecule has 0 radical (unpaired) electrons. The van der Waals surface area contributed by atoms with Crippen LogP contribution in [0.5, 0.6) is 0 Å². The summed E-state index contributed by atoms with van der Waals surface area (Å²) >= 11 is 11.8. The van der Waals surface area contributed by atoms with Crippen molar-refractivity contribution < 1.29 is 14.3 Å². The lowest BCUT2D eigenvalue weighted by atomic mass is 10.1. The van der Waals surface area contributed by atoms with Crippen LogP contribution in [-0.4, -0.2) is 25.5 Å². The van der Waals surface area contributed by atoms with Crippen LogP contribution >= 0.6 is 23.2 Å². The Kier molecular flexibility index (Phi) is 4.32. The van der Waals surface area contributed by atoms with Crippen molar-refractivity contribution in [3.8, 4) is 0 Å². The number of carbonyl (C=O) groups is 2. The lowest BCUT2D eigenvalue weighted by molar-refractivity contribution is -0.141. The highest BCUT2D eigenvalue weighted by molar-refractivity contribution is 6.42. The van der Waals surface area contributed by atoms with Gasteiger partial charge in [0.1, 0.15) is 6.54 Å². The molecule has 1 saturated carbocycles. The summed E-state index contributed by atoms with van der Waals surface area (Å²) in [5.74, 6) is -0.559. The van der Waals surface area contributed by atoms with E-state index in [-0.39, 0.29) is 24.3 Å². The fourth-order valence-corrected chi connectivity index (χ4v) is 2.27. The first-order valence-electron chi connectivity index (χ1n) is 5.82. The second-order valence-corrected chi connectivity index (χ2v) is 5.23. The van der Waals surface area contributed by atoms with Crippen LogP contribution in [-0.2, 0) is 14.3 Å². The first kappa shape index (κ1) is 14.2. The molecule has 19 heavy (non-hydrogen) atoms. The van der Waals surface area contributed by atoms with Crippen molar-refractivity contribution in [3.05, 3.63) is 33.8 Å². The Bertz CT molecular complexity index is 519. The van der Waals surface area contributed by atoms with Gasteiger partial charge in [0, 0.05) is 5.92 Å². The van der Waals surface area contributed by atoms with E-state index in [0.717, 1.165) is 12.0 Å². The van der Waals surface area contributed by atoms with Crippen LogP contribution in [0.3, 0.4) is 0 Å². The van der Waals surface area contributed by atoms with Gasteiger partial charge < -0.3 is 10.1 Å². The summed E-state index contributed by atoms with van der Waals surface area (Å²) in [7, 11) is 1.28. The van der Waals surface area contributed by atoms with E-state index in [1.165, 1.54) is 7.11 Å². The maximum Gasteiger partial charge on any atom is 0.325 e. The Labute approximate surface area is 121 Å². The summed E-state index contributed by atoms with van der Waals surface area (Å²) in [4.78, 5) is 22.7. The molecule has 0 unspecified atom stereocenters. The van der Waals surface area contributed by atoms with E-state index in [1.54, 1.807) is 12.1 Å². The molecule has 0 aliphatic heterocycles. The molecule has 1 amide bonds. The Morgan fingerprint density at radius 1 is 1.37 bits per heavy atom. The average Bonchev–Trinajstić information content (AvgIpc) is 3.19. The van der Waals surface area contributed by atoms with Crippen molar-refractivity contribution in [1.29, 1.82) is 0 Å². The van der Waals surface area contributed by atoms with Gasteiger partial charge in [0.15, 0.2) is 0 Å². The number of esters is 1. The highest BCUT2D eigenvalue weighted by atomic mass is 35.5. The maximum absolute atomic E-state index is 11.8. The van der Waals surface area contributed by atoms with Crippen LogP contribution in [0.15, 0.2) is 18.2 Å². The minimum absolute atomic E-state index is 0.0973. The Morgan fingerprint density at radius 2 is 2.11 bits per heavy atom. The van der Waals surface area contributed by atoms with Gasteiger partial charge >= 0.3 is 5.97 Å². The molecule has 1 fully saturated rings. The van der Waals surface area contributed by atoms with Gasteiger partial charge in [0.05, 0.1) is 17.2 Å². The van der Waals surface area contributed by atoms with Crippen LogP contribution in [0.1, 0.15) is 17.9 Å². The number of halogens is 2. The lowest BCUT2D eigenvalue weighted by Crippen LogP contribution is -2.31. The van der Waals surface area contributed by atoms with Crippen molar-refractivity contribution in [1.82, 2.24) is 5.32 Å². The largest absolute Gasteiger partial charge is 0.468 e. The van der Waals surface area contributed by atoms with Crippen molar-refractivity contribution >= 4 is 35.1 Å². The fraction of sp³-hybridized carbons (Fsp3) is 0.385. The summed E-state index contributed by atoms with van der Waals surface area (Å²) in [6, 6.07) is 5.37. The van der Waals surface area contributed by atoms with Gasteiger partial charge in [-0.3, -0.25) is 9.59 Å². The summed E-state index contributed by atoms with van der Waals surface area (Å²) in [5, 5.41) is 3.53. The molecule has 0 bridgehead atoms. The first-order chi connectivity index (χ1) is 9.02. The fourth-order valence-electron chi connectivity index (χ4n) is 1.96. The normalized spacial score (nSPS) is 20.8. The topological polar surface area (TPSA) is 55.4 Å². The van der Waals surface area contributed by atoms with E-state index < -0.39 is 5.97 Å². The lowest BCUT2D eigenvalue weighted by Gasteiger charge is -2.04. The number of hydrogen-bond donors (Lipinski definition) is 1. The smallest absolute Gasteiger partial charge is 0.325 e. The molecule has 6 heteroatoms. The van der Waals surface area contributed by atoms with Crippen LogP contribution in [0.2, 0.25) is 10.0 Å². The third-order valence-corrected chi connectivity index (χ3v) is 3.87. The van der Waals surface area contributed by atoms with E-state index in [0.29, 0.717) is 10.0 Å². The highest BCUT2D eigenvalue weighted by Crippen LogP contribution is 2.48. The van der Waals surface area contributed by atoms with E-state index in [9.17, 15) is 9.59 Å². The summed E-state index contributed by atoms with van der Waals surface area (Å²) in [5.41, 5.74) is 0.993. The van der Waals surface area contributed by atoms with Crippen molar-refractivity contribution in [2.45, 2.75) is 12.3 Å². The quantitative estimate of drug-likeness (QED) is 0.869. The van der Waals surface area contributed by atoms with E-state index in [2.05, 4.69) is 10.1 Å². The first-order valence-corrected chi connectivity index (χ1v) is 6.58. The number of rotatable bonds is 4. The Balaban J connectivity index is 1.91. The zero-order valence-corrected chi connectivity index (χ0v) is 11.8. The monoisotopic (exact) mass is 301 g/mol. The molecule has 1 aromatic carbocycles. The second kappa shape index (κ2) is 5.80. The van der Waals surface area contributed by atoms with Crippen LogP contribution in [0, 0.1) is 5.92 Å². The van der Waals surface area contributed by atoms with Gasteiger partial charge in [-0.1, -0.05) is 29.3 Å². The number of benzene rings is 1. The molecular formula is C13H13Cl2NO3. The molecule has 1 aliphatic rings. The molecule has 1 aromatic rings. The van der Waals surface area contributed by atoms with Gasteiger partial charge in [0.2, 0.25) is 5.91 Å². The van der Waals surface area contributed by atoms with Gasteiger partial charge in [0.25, 0.3) is 0 Å². The third-order valence-electron chi connectivity index (χ3n) is 3.13. The van der Waals surface area contributed by atoms with Crippen LogP contribution in [0.4, 0.5) is 0 Å². The highest BCUT2D eigenvalue weighted by Gasteiger charge is 2.44. The predicted molar refractivity (Wildman–Crippen MR) is 72.3 cm³/mol. The zero-order valence-electron chi connectivity index (χ0n) is 10.3. The third kappa shape index (κ3) is 3.39. The Hall–Kier alpha value is -1.26. The zero-order chi connectivity index (χ0) is 14.0. The van der Waals surface area contributed by atoms with Gasteiger partial charge in [-0.15, -0.1) is 0 Å². The molecule has 0 saturated heterocycles. The Morgan fingerprint density at radius 3 is 2.74 bits per heavy atom. The minimum atomic E-state index is -0.458. The molecule has 1 N–H and O–H groups in total. The van der Waals surface area contributed by atoms with Crippen LogP contribution < -0.4 is 5.32 Å².